The predicted octanol–water partition coefficient (Wildman–Crippen LogP) is 2.56. The number of amides is 1. The molecular weight excluding hydrogens is 320 g/mol. The highest BCUT2D eigenvalue weighted by Crippen LogP contribution is 2.28. The largest absolute Gasteiger partial charge is 0.389 e. The van der Waals surface area contributed by atoms with E-state index in [-0.39, 0.29) is 5.91 Å². The molecule has 1 atom stereocenters. The number of rotatable bonds is 2. The second-order valence-corrected chi connectivity index (χ2v) is 6.08. The molecule has 0 aliphatic carbocycles. The molecule has 5 heteroatoms. The number of anilines is 1. The van der Waals surface area contributed by atoms with Gasteiger partial charge in [-0.05, 0) is 31.0 Å². The van der Waals surface area contributed by atoms with E-state index >= 15 is 0 Å². The van der Waals surface area contributed by atoms with Crippen molar-refractivity contribution >= 4 is 27.5 Å². The van der Waals surface area contributed by atoms with Crippen LogP contribution in [0, 0.1) is 0 Å². The minimum absolute atomic E-state index is 0.150. The fourth-order valence-electron chi connectivity index (χ4n) is 2.54. The molecule has 0 unspecified atom stereocenters. The maximum atomic E-state index is 11.4. The number of aliphatic hydroxyl groups excluding tert-OH is 1. The van der Waals surface area contributed by atoms with Crippen molar-refractivity contribution in [2.75, 3.05) is 31.1 Å². The van der Waals surface area contributed by atoms with Crippen LogP contribution < -0.4 is 4.90 Å². The molecule has 1 aliphatic heterocycles. The first kappa shape index (κ1) is 15.3. The number of benzene rings is 1. The Kier molecular flexibility index (Phi) is 5.05. The Morgan fingerprint density at radius 1 is 1.30 bits per heavy atom. The number of hydrogen-bond acceptors (Lipinski definition) is 3. The van der Waals surface area contributed by atoms with Gasteiger partial charge < -0.3 is 14.9 Å². The van der Waals surface area contributed by atoms with Gasteiger partial charge in [-0.3, -0.25) is 4.79 Å². The summed E-state index contributed by atoms with van der Waals surface area (Å²) in [6, 6.07) is 6.04. The molecule has 0 saturated carbocycles. The van der Waals surface area contributed by atoms with Gasteiger partial charge in [-0.25, -0.2) is 0 Å². The van der Waals surface area contributed by atoms with E-state index in [1.807, 2.05) is 23.1 Å². The van der Waals surface area contributed by atoms with Gasteiger partial charge in [0, 0.05) is 43.3 Å². The number of aliphatic hydroxyl groups is 1. The summed E-state index contributed by atoms with van der Waals surface area (Å²) in [5, 5.41) is 9.66. The summed E-state index contributed by atoms with van der Waals surface area (Å²) in [6.45, 7) is 6.79. The molecule has 1 saturated heterocycles. The van der Waals surface area contributed by atoms with Crippen molar-refractivity contribution in [1.82, 2.24) is 4.90 Å². The first-order chi connectivity index (χ1) is 9.49. The molecule has 1 aromatic rings. The maximum Gasteiger partial charge on any atom is 0.219 e. The van der Waals surface area contributed by atoms with Crippen molar-refractivity contribution < 1.29 is 9.90 Å². The first-order valence-corrected chi connectivity index (χ1v) is 7.76. The van der Waals surface area contributed by atoms with Crippen molar-refractivity contribution in [2.45, 2.75) is 26.4 Å². The van der Waals surface area contributed by atoms with Gasteiger partial charge in [-0.15, -0.1) is 0 Å². The zero-order valence-corrected chi connectivity index (χ0v) is 13.6. The van der Waals surface area contributed by atoms with Gasteiger partial charge >= 0.3 is 0 Å². The molecular formula is C15H21BrN2O2. The Balaban J connectivity index is 2.12. The van der Waals surface area contributed by atoms with Crippen LogP contribution in [0.5, 0.6) is 0 Å². The molecule has 1 N–H and O–H groups in total. The van der Waals surface area contributed by atoms with Crippen LogP contribution in [0.1, 0.15) is 31.9 Å². The molecule has 1 heterocycles. The molecule has 0 spiro atoms. The summed E-state index contributed by atoms with van der Waals surface area (Å²) >= 11 is 3.52. The smallest absolute Gasteiger partial charge is 0.219 e. The molecule has 1 aromatic carbocycles. The fourth-order valence-corrected chi connectivity index (χ4v) is 3.24. The van der Waals surface area contributed by atoms with Crippen LogP contribution in [-0.2, 0) is 4.79 Å². The topological polar surface area (TPSA) is 43.8 Å². The number of nitrogens with zero attached hydrogens (tertiary/aromatic N) is 2. The number of hydrogen-bond donors (Lipinski definition) is 1. The SMILES string of the molecule is CC(=O)N1CCCN(c2ccc([C@H](C)O)c(Br)c2)CC1. The normalized spacial score (nSPS) is 17.8. The lowest BCUT2D eigenvalue weighted by Gasteiger charge is -2.24. The molecule has 1 aliphatic rings. The van der Waals surface area contributed by atoms with Crippen molar-refractivity contribution in [2.24, 2.45) is 0 Å². The summed E-state index contributed by atoms with van der Waals surface area (Å²) < 4.78 is 0.928. The van der Waals surface area contributed by atoms with E-state index in [1.165, 1.54) is 0 Å². The van der Waals surface area contributed by atoms with Crippen LogP contribution in [0.4, 0.5) is 5.69 Å². The summed E-state index contributed by atoms with van der Waals surface area (Å²) in [5.41, 5.74) is 2.03. The Morgan fingerprint density at radius 2 is 2.05 bits per heavy atom. The predicted molar refractivity (Wildman–Crippen MR) is 83.9 cm³/mol. The third-order valence-corrected chi connectivity index (χ3v) is 4.43. The van der Waals surface area contributed by atoms with Gasteiger partial charge in [-0.2, -0.15) is 0 Å². The second-order valence-electron chi connectivity index (χ2n) is 5.23. The standard InChI is InChI=1S/C15H21BrN2O2/c1-11(19)14-5-4-13(10-15(14)16)18-7-3-6-17(8-9-18)12(2)20/h4-5,10-11,19H,3,6-9H2,1-2H3/t11-/m0/s1. The zero-order valence-electron chi connectivity index (χ0n) is 12.0. The Bertz CT molecular complexity index is 491. The van der Waals surface area contributed by atoms with Crippen LogP contribution in [0.15, 0.2) is 22.7 Å². The van der Waals surface area contributed by atoms with E-state index in [9.17, 15) is 9.90 Å². The van der Waals surface area contributed by atoms with Gasteiger partial charge in [-0.1, -0.05) is 22.0 Å². The monoisotopic (exact) mass is 340 g/mol. The van der Waals surface area contributed by atoms with Crippen molar-refractivity contribution in [3.05, 3.63) is 28.2 Å². The van der Waals surface area contributed by atoms with Crippen LogP contribution in [0.2, 0.25) is 0 Å². The van der Waals surface area contributed by atoms with Crippen molar-refractivity contribution in [3.8, 4) is 0 Å². The third kappa shape index (κ3) is 3.52. The third-order valence-electron chi connectivity index (χ3n) is 3.74. The molecule has 110 valence electrons. The van der Waals surface area contributed by atoms with Crippen molar-refractivity contribution in [1.29, 1.82) is 0 Å². The van der Waals surface area contributed by atoms with E-state index in [0.29, 0.717) is 0 Å². The van der Waals surface area contributed by atoms with E-state index < -0.39 is 6.10 Å². The van der Waals surface area contributed by atoms with Crippen LogP contribution >= 0.6 is 15.9 Å². The number of carbonyl (C=O) groups is 1. The van der Waals surface area contributed by atoms with Crippen LogP contribution in [0.3, 0.4) is 0 Å². The van der Waals surface area contributed by atoms with E-state index in [2.05, 4.69) is 20.8 Å². The fraction of sp³-hybridized carbons (Fsp3) is 0.533. The quantitative estimate of drug-likeness (QED) is 0.899. The molecule has 4 nitrogen and oxygen atoms in total. The highest BCUT2D eigenvalue weighted by atomic mass is 79.9. The van der Waals surface area contributed by atoms with E-state index in [4.69, 9.17) is 0 Å². The van der Waals surface area contributed by atoms with Gasteiger partial charge in [0.05, 0.1) is 6.10 Å². The molecule has 1 fully saturated rings. The molecule has 0 bridgehead atoms. The molecule has 2 rings (SSSR count). The summed E-state index contributed by atoms with van der Waals surface area (Å²) in [6.07, 6.45) is 0.505. The van der Waals surface area contributed by atoms with Crippen LogP contribution in [-0.4, -0.2) is 42.1 Å². The Hall–Kier alpha value is -1.07. The van der Waals surface area contributed by atoms with E-state index in [1.54, 1.807) is 13.8 Å². The lowest BCUT2D eigenvalue weighted by Crippen LogP contribution is -2.33. The number of halogens is 1. The van der Waals surface area contributed by atoms with Gasteiger partial charge in [0.1, 0.15) is 0 Å². The average molecular weight is 341 g/mol. The Labute approximate surface area is 128 Å². The molecule has 1 amide bonds. The average Bonchev–Trinajstić information content (AvgIpc) is 2.63. The molecule has 0 aromatic heterocycles. The zero-order chi connectivity index (χ0) is 14.7. The highest BCUT2D eigenvalue weighted by Gasteiger charge is 2.17. The first-order valence-electron chi connectivity index (χ1n) is 6.97. The summed E-state index contributed by atoms with van der Waals surface area (Å²) in [5.74, 6) is 0.150. The van der Waals surface area contributed by atoms with Gasteiger partial charge in [0.15, 0.2) is 0 Å². The lowest BCUT2D eigenvalue weighted by molar-refractivity contribution is -0.128. The van der Waals surface area contributed by atoms with Crippen LogP contribution in [0.25, 0.3) is 0 Å². The lowest BCUT2D eigenvalue weighted by atomic mass is 10.1. The highest BCUT2D eigenvalue weighted by molar-refractivity contribution is 9.10. The number of carbonyl (C=O) groups excluding carboxylic acids is 1. The minimum Gasteiger partial charge on any atom is -0.389 e. The molecule has 20 heavy (non-hydrogen) atoms. The van der Waals surface area contributed by atoms with Gasteiger partial charge in [0.2, 0.25) is 5.91 Å². The van der Waals surface area contributed by atoms with Gasteiger partial charge in [0.25, 0.3) is 0 Å². The maximum absolute atomic E-state index is 11.4. The second kappa shape index (κ2) is 6.59. The summed E-state index contributed by atoms with van der Waals surface area (Å²) in [4.78, 5) is 15.6. The Morgan fingerprint density at radius 3 is 2.65 bits per heavy atom. The molecule has 0 radical (unpaired) electrons. The minimum atomic E-state index is -0.476. The van der Waals surface area contributed by atoms with E-state index in [0.717, 1.165) is 48.3 Å². The van der Waals surface area contributed by atoms with Crippen molar-refractivity contribution in [3.63, 3.8) is 0 Å². The summed E-state index contributed by atoms with van der Waals surface area (Å²) in [7, 11) is 0.